The maximum atomic E-state index is 12.7. The van der Waals surface area contributed by atoms with Crippen LogP contribution in [0.1, 0.15) is 21.7 Å². The van der Waals surface area contributed by atoms with E-state index >= 15 is 0 Å². The van der Waals surface area contributed by atoms with E-state index in [0.717, 1.165) is 6.42 Å². The van der Waals surface area contributed by atoms with E-state index in [-0.39, 0.29) is 23.2 Å². The summed E-state index contributed by atoms with van der Waals surface area (Å²) in [6.07, 6.45) is 0.682. The molecule has 0 saturated heterocycles. The van der Waals surface area contributed by atoms with Gasteiger partial charge in [0.25, 0.3) is 5.91 Å². The number of rotatable bonds is 3. The van der Waals surface area contributed by atoms with Gasteiger partial charge in [-0.2, -0.15) is 0 Å². The van der Waals surface area contributed by atoms with Crippen molar-refractivity contribution in [2.45, 2.75) is 19.1 Å². The Morgan fingerprint density at radius 1 is 1.12 bits per heavy atom. The van der Waals surface area contributed by atoms with Crippen LogP contribution < -0.4 is 5.43 Å². The number of benzene rings is 2. The number of likely N-dealkylation sites (N-methyl/N-ethyl adjacent to an activating group) is 1. The number of amides is 1. The molecule has 1 aliphatic heterocycles. The second-order valence-corrected chi connectivity index (χ2v) is 6.56. The van der Waals surface area contributed by atoms with Crippen LogP contribution in [0.2, 0.25) is 0 Å². The average Bonchev–Trinajstić information content (AvgIpc) is 2.67. The van der Waals surface area contributed by atoms with Gasteiger partial charge in [0, 0.05) is 26.1 Å². The lowest BCUT2D eigenvalue weighted by molar-refractivity contribution is 0.00921. The fourth-order valence-electron chi connectivity index (χ4n) is 3.31. The van der Waals surface area contributed by atoms with Gasteiger partial charge in [-0.1, -0.05) is 36.4 Å². The molecular weight excluding hydrogens is 330 g/mol. The predicted molar refractivity (Wildman–Crippen MR) is 98.2 cm³/mol. The largest absolute Gasteiger partial charge is 0.451 e. The third-order valence-corrected chi connectivity index (χ3v) is 4.71. The van der Waals surface area contributed by atoms with E-state index in [1.807, 2.05) is 12.1 Å². The maximum Gasteiger partial charge on any atom is 0.289 e. The van der Waals surface area contributed by atoms with Crippen molar-refractivity contribution in [3.8, 4) is 0 Å². The lowest BCUT2D eigenvalue weighted by atomic mass is 9.99. The van der Waals surface area contributed by atoms with Gasteiger partial charge in [0.1, 0.15) is 5.58 Å². The molecule has 0 N–H and O–H groups in total. The standard InChI is InChI=1S/C21H19NO4/c1-22(12-16-10-14-6-2-3-7-15(14)13-25-16)21(24)20-11-18(23)17-8-4-5-9-19(17)26-20/h2-9,11,16H,10,12-13H2,1H3. The number of carbonyl (C=O) groups is 1. The normalized spacial score (nSPS) is 16.3. The minimum absolute atomic E-state index is 0.0485. The molecule has 1 aliphatic rings. The van der Waals surface area contributed by atoms with Crippen molar-refractivity contribution in [3.05, 3.63) is 81.7 Å². The van der Waals surface area contributed by atoms with E-state index < -0.39 is 0 Å². The van der Waals surface area contributed by atoms with E-state index in [2.05, 4.69) is 12.1 Å². The lowest BCUT2D eigenvalue weighted by Gasteiger charge is -2.28. The van der Waals surface area contributed by atoms with Gasteiger partial charge in [0.05, 0.1) is 18.1 Å². The summed E-state index contributed by atoms with van der Waals surface area (Å²) in [6.45, 7) is 0.984. The number of ether oxygens (including phenoxy) is 1. The molecule has 1 unspecified atom stereocenters. The minimum atomic E-state index is -0.324. The lowest BCUT2D eigenvalue weighted by Crippen LogP contribution is -2.38. The quantitative estimate of drug-likeness (QED) is 0.729. The van der Waals surface area contributed by atoms with Crippen LogP contribution in [0.3, 0.4) is 0 Å². The third-order valence-electron chi connectivity index (χ3n) is 4.71. The molecule has 1 aromatic heterocycles. The topological polar surface area (TPSA) is 59.8 Å². The van der Waals surface area contributed by atoms with Crippen LogP contribution in [0, 0.1) is 0 Å². The highest BCUT2D eigenvalue weighted by atomic mass is 16.5. The third kappa shape index (κ3) is 3.13. The fraction of sp³-hybridized carbons (Fsp3) is 0.238. The molecule has 132 valence electrons. The Hall–Kier alpha value is -2.92. The second kappa shape index (κ2) is 6.77. The summed E-state index contributed by atoms with van der Waals surface area (Å²) in [6, 6.07) is 16.3. The first-order valence-electron chi connectivity index (χ1n) is 8.58. The molecule has 0 bridgehead atoms. The number of fused-ring (bicyclic) bond motifs is 2. The zero-order valence-corrected chi connectivity index (χ0v) is 14.5. The van der Waals surface area contributed by atoms with Crippen molar-refractivity contribution in [2.75, 3.05) is 13.6 Å². The van der Waals surface area contributed by atoms with Crippen molar-refractivity contribution in [1.82, 2.24) is 4.90 Å². The zero-order chi connectivity index (χ0) is 18.1. The Morgan fingerprint density at radius 2 is 1.85 bits per heavy atom. The summed E-state index contributed by atoms with van der Waals surface area (Å²) in [5, 5.41) is 0.471. The highest BCUT2D eigenvalue weighted by molar-refractivity contribution is 5.93. The molecule has 26 heavy (non-hydrogen) atoms. The molecule has 0 saturated carbocycles. The number of hydrogen-bond donors (Lipinski definition) is 0. The maximum absolute atomic E-state index is 12.7. The fourth-order valence-corrected chi connectivity index (χ4v) is 3.31. The van der Waals surface area contributed by atoms with Gasteiger partial charge in [-0.3, -0.25) is 9.59 Å². The summed E-state index contributed by atoms with van der Waals surface area (Å²) in [7, 11) is 1.70. The number of carbonyl (C=O) groups excluding carboxylic acids is 1. The van der Waals surface area contributed by atoms with Crippen LogP contribution in [0.25, 0.3) is 11.0 Å². The van der Waals surface area contributed by atoms with Crippen molar-refractivity contribution in [3.63, 3.8) is 0 Å². The van der Waals surface area contributed by atoms with Crippen molar-refractivity contribution >= 4 is 16.9 Å². The highest BCUT2D eigenvalue weighted by Crippen LogP contribution is 2.21. The van der Waals surface area contributed by atoms with E-state index in [1.54, 1.807) is 36.2 Å². The average molecular weight is 349 g/mol. The molecule has 1 amide bonds. The van der Waals surface area contributed by atoms with E-state index in [1.165, 1.54) is 17.2 Å². The van der Waals surface area contributed by atoms with Crippen LogP contribution >= 0.6 is 0 Å². The Kier molecular flexibility index (Phi) is 4.31. The van der Waals surface area contributed by atoms with Gasteiger partial charge in [0.15, 0.2) is 11.2 Å². The zero-order valence-electron chi connectivity index (χ0n) is 14.5. The minimum Gasteiger partial charge on any atom is -0.451 e. The van der Waals surface area contributed by atoms with Gasteiger partial charge in [-0.25, -0.2) is 0 Å². The molecule has 0 aliphatic carbocycles. The number of nitrogens with zero attached hydrogens (tertiary/aromatic N) is 1. The van der Waals surface area contributed by atoms with E-state index in [0.29, 0.717) is 24.1 Å². The van der Waals surface area contributed by atoms with Crippen LogP contribution in [-0.2, 0) is 17.8 Å². The smallest absolute Gasteiger partial charge is 0.289 e. The van der Waals surface area contributed by atoms with Crippen LogP contribution in [-0.4, -0.2) is 30.5 Å². The SMILES string of the molecule is CN(CC1Cc2ccccc2CO1)C(=O)c1cc(=O)c2ccccc2o1. The second-order valence-electron chi connectivity index (χ2n) is 6.56. The Bertz CT molecular complexity index is 1020. The summed E-state index contributed by atoms with van der Waals surface area (Å²) in [4.78, 5) is 26.4. The summed E-state index contributed by atoms with van der Waals surface area (Å²) in [5.74, 6) is -0.275. The summed E-state index contributed by atoms with van der Waals surface area (Å²) >= 11 is 0. The van der Waals surface area contributed by atoms with E-state index in [9.17, 15) is 9.59 Å². The molecule has 3 aromatic rings. The van der Waals surface area contributed by atoms with Gasteiger partial charge in [-0.15, -0.1) is 0 Å². The van der Waals surface area contributed by atoms with Crippen LogP contribution in [0.5, 0.6) is 0 Å². The first-order valence-corrected chi connectivity index (χ1v) is 8.58. The van der Waals surface area contributed by atoms with Crippen LogP contribution in [0.15, 0.2) is 63.8 Å². The molecular formula is C21H19NO4. The number of para-hydroxylation sites is 1. The molecule has 1 atom stereocenters. The highest BCUT2D eigenvalue weighted by Gasteiger charge is 2.24. The Labute approximate surface area is 150 Å². The molecule has 5 heteroatoms. The molecule has 2 heterocycles. The van der Waals surface area contributed by atoms with Gasteiger partial charge < -0.3 is 14.1 Å². The van der Waals surface area contributed by atoms with Gasteiger partial charge in [0.2, 0.25) is 0 Å². The van der Waals surface area contributed by atoms with Crippen molar-refractivity contribution in [1.29, 1.82) is 0 Å². The number of hydrogen-bond acceptors (Lipinski definition) is 4. The Balaban J connectivity index is 1.51. The van der Waals surface area contributed by atoms with Crippen molar-refractivity contribution in [2.24, 2.45) is 0 Å². The molecule has 0 radical (unpaired) electrons. The Morgan fingerprint density at radius 3 is 2.69 bits per heavy atom. The molecule has 0 fully saturated rings. The predicted octanol–water partition coefficient (Wildman–Crippen LogP) is 3.01. The monoisotopic (exact) mass is 349 g/mol. The van der Waals surface area contributed by atoms with E-state index in [4.69, 9.17) is 9.15 Å². The van der Waals surface area contributed by atoms with Gasteiger partial charge >= 0.3 is 0 Å². The summed E-state index contributed by atoms with van der Waals surface area (Å²) in [5.41, 5.74) is 2.64. The molecule has 4 rings (SSSR count). The van der Waals surface area contributed by atoms with Crippen LogP contribution in [0.4, 0.5) is 0 Å². The van der Waals surface area contributed by atoms with Crippen molar-refractivity contribution < 1.29 is 13.9 Å². The molecule has 5 nitrogen and oxygen atoms in total. The molecule has 2 aromatic carbocycles. The first-order chi connectivity index (χ1) is 12.6. The van der Waals surface area contributed by atoms with Gasteiger partial charge in [-0.05, 0) is 23.3 Å². The summed E-state index contributed by atoms with van der Waals surface area (Å²) < 4.78 is 11.5. The molecule has 0 spiro atoms. The first kappa shape index (κ1) is 16.5.